The lowest BCUT2D eigenvalue weighted by Crippen LogP contribution is -2.04. The molecule has 0 saturated heterocycles. The van der Waals surface area contributed by atoms with Gasteiger partial charge in [-0.3, -0.25) is 5.41 Å². The smallest absolute Gasteiger partial charge is 0.162 e. The van der Waals surface area contributed by atoms with Gasteiger partial charge in [-0.15, -0.1) is 3.89 Å². The lowest BCUT2D eigenvalue weighted by molar-refractivity contribution is 0.943. The van der Waals surface area contributed by atoms with Crippen molar-refractivity contribution in [3.63, 3.8) is 0 Å². The molecule has 2 rings (SSSR count). The molecule has 2 nitrogen and oxygen atoms in total. The van der Waals surface area contributed by atoms with Gasteiger partial charge < -0.3 is 4.72 Å². The van der Waals surface area contributed by atoms with Crippen LogP contribution in [0.1, 0.15) is 16.7 Å². The third-order valence-electron chi connectivity index (χ3n) is 2.66. The van der Waals surface area contributed by atoms with Gasteiger partial charge in [0.05, 0.1) is 11.4 Å². The van der Waals surface area contributed by atoms with Gasteiger partial charge in [-0.05, 0) is 19.1 Å². The van der Waals surface area contributed by atoms with E-state index >= 15 is 0 Å². The van der Waals surface area contributed by atoms with Gasteiger partial charge >= 0.3 is 0 Å². The maximum atomic E-state index is 12.4. The highest BCUT2D eigenvalue weighted by Gasteiger charge is 2.10. The average Bonchev–Trinajstić information content (AvgIpc) is 2.41. The van der Waals surface area contributed by atoms with Gasteiger partial charge in [0.2, 0.25) is 0 Å². The molecular formula is C14H13FN2S. The first kappa shape index (κ1) is 12.6. The number of hydrogen-bond donors (Lipinski definition) is 2. The first-order valence-corrected chi connectivity index (χ1v) is 6.22. The maximum Gasteiger partial charge on any atom is 0.162 e. The highest BCUT2D eigenvalue weighted by Crippen LogP contribution is 2.23. The summed E-state index contributed by atoms with van der Waals surface area (Å²) in [6, 6.07) is 15.0. The molecule has 18 heavy (non-hydrogen) atoms. The Morgan fingerprint density at radius 2 is 1.89 bits per heavy atom. The summed E-state index contributed by atoms with van der Waals surface area (Å²) in [6.07, 6.45) is 0. The van der Waals surface area contributed by atoms with E-state index in [0.717, 1.165) is 11.1 Å². The van der Waals surface area contributed by atoms with Crippen molar-refractivity contribution in [3.8, 4) is 0 Å². The molecule has 0 saturated carbocycles. The Hall–Kier alpha value is -1.81. The standard InChI is InChI=1S/C14H13FN2S/c1-10-7-8-13(17-18-15)12(9-10)14(16)11-5-3-2-4-6-11/h2-9,16-17H,1H3. The summed E-state index contributed by atoms with van der Waals surface area (Å²) in [5.41, 5.74) is 3.55. The Bertz CT molecular complexity index is 555. The van der Waals surface area contributed by atoms with E-state index in [1.54, 1.807) is 6.07 Å². The van der Waals surface area contributed by atoms with E-state index in [2.05, 4.69) is 4.72 Å². The number of rotatable bonds is 4. The van der Waals surface area contributed by atoms with Crippen LogP contribution in [0.4, 0.5) is 9.57 Å². The lowest BCUT2D eigenvalue weighted by Gasteiger charge is -2.11. The van der Waals surface area contributed by atoms with Crippen molar-refractivity contribution in [2.75, 3.05) is 4.72 Å². The van der Waals surface area contributed by atoms with Crippen LogP contribution in [0.5, 0.6) is 0 Å². The van der Waals surface area contributed by atoms with Gasteiger partial charge in [-0.2, -0.15) is 0 Å². The van der Waals surface area contributed by atoms with Crippen LogP contribution in [-0.4, -0.2) is 5.71 Å². The Morgan fingerprint density at radius 3 is 2.56 bits per heavy atom. The van der Waals surface area contributed by atoms with Crippen LogP contribution in [-0.2, 0) is 0 Å². The fourth-order valence-electron chi connectivity index (χ4n) is 1.76. The quantitative estimate of drug-likeness (QED) is 0.633. The predicted molar refractivity (Wildman–Crippen MR) is 75.9 cm³/mol. The van der Waals surface area contributed by atoms with Gasteiger partial charge in [0, 0.05) is 11.1 Å². The van der Waals surface area contributed by atoms with Crippen LogP contribution in [0.2, 0.25) is 0 Å². The SMILES string of the molecule is Cc1ccc(NSF)c(C(=N)c2ccccc2)c1. The summed E-state index contributed by atoms with van der Waals surface area (Å²) in [4.78, 5) is 0. The Balaban J connectivity index is 2.43. The first-order valence-electron chi connectivity index (χ1n) is 5.51. The number of anilines is 1. The number of hydrogen-bond acceptors (Lipinski definition) is 3. The summed E-state index contributed by atoms with van der Waals surface area (Å²) >= 11 is 0.0407. The fraction of sp³-hybridized carbons (Fsp3) is 0.0714. The summed E-state index contributed by atoms with van der Waals surface area (Å²) < 4.78 is 14.9. The fourth-order valence-corrected chi connectivity index (χ4v) is 2.02. The zero-order valence-corrected chi connectivity index (χ0v) is 10.7. The van der Waals surface area contributed by atoms with Crippen molar-refractivity contribution >= 4 is 23.7 Å². The van der Waals surface area contributed by atoms with Crippen LogP contribution in [0.25, 0.3) is 0 Å². The molecule has 0 spiro atoms. The van der Waals surface area contributed by atoms with E-state index in [9.17, 15) is 3.89 Å². The third kappa shape index (κ3) is 2.71. The second-order valence-corrected chi connectivity index (χ2v) is 4.33. The van der Waals surface area contributed by atoms with Crippen LogP contribution < -0.4 is 4.72 Å². The molecule has 2 aromatic rings. The molecular weight excluding hydrogens is 247 g/mol. The molecule has 4 heteroatoms. The highest BCUT2D eigenvalue weighted by atomic mass is 32.2. The minimum Gasteiger partial charge on any atom is -0.302 e. The van der Waals surface area contributed by atoms with Crippen molar-refractivity contribution in [1.29, 1.82) is 5.41 Å². The second kappa shape index (κ2) is 5.69. The van der Waals surface area contributed by atoms with Crippen molar-refractivity contribution in [1.82, 2.24) is 0 Å². The molecule has 0 radical (unpaired) electrons. The van der Waals surface area contributed by atoms with E-state index in [1.165, 1.54) is 0 Å². The van der Waals surface area contributed by atoms with Crippen molar-refractivity contribution < 1.29 is 3.89 Å². The van der Waals surface area contributed by atoms with Crippen LogP contribution in [0.3, 0.4) is 0 Å². The summed E-state index contributed by atoms with van der Waals surface area (Å²) in [7, 11) is 0. The summed E-state index contributed by atoms with van der Waals surface area (Å²) in [5.74, 6) is 0. The molecule has 0 aliphatic heterocycles. The maximum absolute atomic E-state index is 12.4. The normalized spacial score (nSPS) is 10.1. The van der Waals surface area contributed by atoms with Crippen LogP contribution in [0.15, 0.2) is 48.5 Å². The van der Waals surface area contributed by atoms with Crippen molar-refractivity contribution in [3.05, 3.63) is 65.2 Å². The van der Waals surface area contributed by atoms with E-state index < -0.39 is 0 Å². The summed E-state index contributed by atoms with van der Waals surface area (Å²) in [5, 5.41) is 8.21. The van der Waals surface area contributed by atoms with Gasteiger partial charge in [0.15, 0.2) is 12.3 Å². The first-order chi connectivity index (χ1) is 8.72. The van der Waals surface area contributed by atoms with Crippen LogP contribution >= 0.6 is 12.3 Å². The predicted octanol–water partition coefficient (Wildman–Crippen LogP) is 4.36. The number of nitrogens with one attached hydrogen (secondary N) is 2. The zero-order chi connectivity index (χ0) is 13.0. The topological polar surface area (TPSA) is 35.9 Å². The molecule has 2 N–H and O–H groups in total. The zero-order valence-electron chi connectivity index (χ0n) is 9.91. The molecule has 0 atom stereocenters. The molecule has 0 unspecified atom stereocenters. The summed E-state index contributed by atoms with van der Waals surface area (Å²) in [6.45, 7) is 1.95. The van der Waals surface area contributed by atoms with Crippen molar-refractivity contribution in [2.45, 2.75) is 6.92 Å². The molecule has 92 valence electrons. The molecule has 0 aliphatic rings. The largest absolute Gasteiger partial charge is 0.302 e. The Kier molecular flexibility index (Phi) is 3.99. The van der Waals surface area contributed by atoms with Crippen molar-refractivity contribution in [2.24, 2.45) is 0 Å². The number of halogens is 1. The van der Waals surface area contributed by atoms with Gasteiger partial charge in [-0.25, -0.2) is 0 Å². The monoisotopic (exact) mass is 260 g/mol. The minimum atomic E-state index is 0.0407. The number of benzene rings is 2. The molecule has 0 aliphatic carbocycles. The van der Waals surface area contributed by atoms with Gasteiger partial charge in [0.1, 0.15) is 0 Å². The molecule has 0 amide bonds. The Labute approximate surface area is 110 Å². The van der Waals surface area contributed by atoms with Crippen LogP contribution in [0, 0.1) is 12.3 Å². The lowest BCUT2D eigenvalue weighted by atomic mass is 9.99. The van der Waals surface area contributed by atoms with E-state index in [4.69, 9.17) is 5.41 Å². The number of aryl methyl sites for hydroxylation is 1. The van der Waals surface area contributed by atoms with E-state index in [1.807, 2.05) is 49.4 Å². The molecule has 0 bridgehead atoms. The average molecular weight is 260 g/mol. The minimum absolute atomic E-state index is 0.0407. The van der Waals surface area contributed by atoms with Gasteiger partial charge in [0.25, 0.3) is 0 Å². The highest BCUT2D eigenvalue weighted by molar-refractivity contribution is 7.95. The van der Waals surface area contributed by atoms with E-state index in [0.29, 0.717) is 17.0 Å². The second-order valence-electron chi connectivity index (χ2n) is 3.97. The van der Waals surface area contributed by atoms with E-state index in [-0.39, 0.29) is 12.3 Å². The van der Waals surface area contributed by atoms with Gasteiger partial charge in [-0.1, -0.05) is 42.0 Å². The molecule has 0 heterocycles. The molecule has 2 aromatic carbocycles. The molecule has 0 aromatic heterocycles. The molecule has 0 fully saturated rings. The Morgan fingerprint density at radius 1 is 1.17 bits per heavy atom. The third-order valence-corrected chi connectivity index (χ3v) is 2.95.